The summed E-state index contributed by atoms with van der Waals surface area (Å²) in [7, 11) is -2.02. The average Bonchev–Trinajstić information content (AvgIpc) is 2.85. The van der Waals surface area contributed by atoms with E-state index >= 15 is 0 Å². The van der Waals surface area contributed by atoms with Gasteiger partial charge in [0.1, 0.15) is 0 Å². The number of aromatic nitrogens is 1. The summed E-state index contributed by atoms with van der Waals surface area (Å²) in [5.74, 6) is -0.642. The Balaban J connectivity index is 2.11. The van der Waals surface area contributed by atoms with Crippen molar-refractivity contribution in [3.05, 3.63) is 29.6 Å². The zero-order chi connectivity index (χ0) is 14.8. The highest BCUT2D eigenvalue weighted by Gasteiger charge is 2.35. The Morgan fingerprint density at radius 3 is 2.75 bits per heavy atom. The van der Waals surface area contributed by atoms with Crippen molar-refractivity contribution in [2.24, 2.45) is 0 Å². The summed E-state index contributed by atoms with van der Waals surface area (Å²) in [5, 5.41) is -0.482. The highest BCUT2D eigenvalue weighted by molar-refractivity contribution is 7.91. The predicted octanol–water partition coefficient (Wildman–Crippen LogP) is 0.960. The van der Waals surface area contributed by atoms with E-state index in [4.69, 9.17) is 4.74 Å². The molecule has 0 spiro atoms. The number of ether oxygens (including phenoxy) is 2. The molecule has 0 aromatic carbocycles. The van der Waals surface area contributed by atoms with Gasteiger partial charge in [0, 0.05) is 12.8 Å². The van der Waals surface area contributed by atoms with Gasteiger partial charge in [-0.1, -0.05) is 0 Å². The van der Waals surface area contributed by atoms with Crippen molar-refractivity contribution in [3.63, 3.8) is 0 Å². The first-order valence-corrected chi connectivity index (χ1v) is 8.02. The van der Waals surface area contributed by atoms with Crippen molar-refractivity contribution in [1.29, 1.82) is 0 Å². The van der Waals surface area contributed by atoms with Crippen LogP contribution in [0.2, 0.25) is 0 Å². The summed E-state index contributed by atoms with van der Waals surface area (Å²) in [6.07, 6.45) is 1.56. The quantitative estimate of drug-likeness (QED) is 0.770. The van der Waals surface area contributed by atoms with Crippen LogP contribution in [-0.4, -0.2) is 44.4 Å². The first-order valence-electron chi connectivity index (χ1n) is 6.30. The summed E-state index contributed by atoms with van der Waals surface area (Å²) in [4.78, 5) is 15.3. The Hall–Kier alpha value is -1.47. The van der Waals surface area contributed by atoms with Crippen molar-refractivity contribution >= 4 is 15.8 Å². The molecule has 0 amide bonds. The second-order valence-electron chi connectivity index (χ2n) is 4.74. The molecule has 0 N–H and O–H groups in total. The van der Waals surface area contributed by atoms with Gasteiger partial charge in [-0.3, -0.25) is 4.98 Å². The summed E-state index contributed by atoms with van der Waals surface area (Å²) in [6, 6.07) is 3.04. The Labute approximate surface area is 118 Å². The largest absolute Gasteiger partial charge is 0.465 e. The molecule has 110 valence electrons. The smallest absolute Gasteiger partial charge is 0.339 e. The van der Waals surface area contributed by atoms with Gasteiger partial charge >= 0.3 is 5.97 Å². The molecule has 20 heavy (non-hydrogen) atoms. The molecular formula is C13H17NO5S. The Kier molecular flexibility index (Phi) is 4.39. The zero-order valence-electron chi connectivity index (χ0n) is 11.4. The first kappa shape index (κ1) is 14.9. The van der Waals surface area contributed by atoms with Gasteiger partial charge in [-0.25, -0.2) is 13.2 Å². The van der Waals surface area contributed by atoms with E-state index in [0.29, 0.717) is 24.3 Å². The lowest BCUT2D eigenvalue weighted by Crippen LogP contribution is -2.29. The minimum atomic E-state index is -3.30. The summed E-state index contributed by atoms with van der Waals surface area (Å²) >= 11 is 0. The zero-order valence-corrected chi connectivity index (χ0v) is 12.2. The topological polar surface area (TPSA) is 82.6 Å². The van der Waals surface area contributed by atoms with Crippen LogP contribution in [-0.2, 0) is 25.1 Å². The molecule has 2 heterocycles. The molecule has 6 nitrogen and oxygen atoms in total. The van der Waals surface area contributed by atoms with Gasteiger partial charge in [0.25, 0.3) is 0 Å². The van der Waals surface area contributed by atoms with Gasteiger partial charge < -0.3 is 9.47 Å². The van der Waals surface area contributed by atoms with E-state index in [1.807, 2.05) is 0 Å². The third-order valence-electron chi connectivity index (χ3n) is 3.36. The van der Waals surface area contributed by atoms with Crippen molar-refractivity contribution in [1.82, 2.24) is 4.98 Å². The van der Waals surface area contributed by atoms with E-state index in [1.54, 1.807) is 6.92 Å². The number of carbonyl (C=O) groups is 1. The maximum atomic E-state index is 12.3. The van der Waals surface area contributed by atoms with Crippen LogP contribution in [0.3, 0.4) is 0 Å². The number of esters is 1. The number of methoxy groups -OCH3 is 1. The molecule has 0 bridgehead atoms. The number of carbonyl (C=O) groups excluding carboxylic acids is 1. The maximum absolute atomic E-state index is 12.3. The highest BCUT2D eigenvalue weighted by Crippen LogP contribution is 2.23. The van der Waals surface area contributed by atoms with Crippen molar-refractivity contribution in [3.8, 4) is 0 Å². The van der Waals surface area contributed by atoms with Crippen LogP contribution in [0.15, 0.2) is 18.3 Å². The highest BCUT2D eigenvalue weighted by atomic mass is 32.2. The first-order chi connectivity index (χ1) is 9.44. The lowest BCUT2D eigenvalue weighted by atomic mass is 10.2. The number of hydrogen-bond donors (Lipinski definition) is 0. The van der Waals surface area contributed by atoms with E-state index in [2.05, 4.69) is 9.72 Å². The fraction of sp³-hybridized carbons (Fsp3) is 0.538. The van der Waals surface area contributed by atoms with Crippen LogP contribution < -0.4 is 0 Å². The predicted molar refractivity (Wildman–Crippen MR) is 72.0 cm³/mol. The molecule has 0 aliphatic carbocycles. The molecule has 1 fully saturated rings. The molecule has 2 atom stereocenters. The van der Waals surface area contributed by atoms with Gasteiger partial charge in [0.2, 0.25) is 0 Å². The van der Waals surface area contributed by atoms with E-state index < -0.39 is 21.1 Å². The Morgan fingerprint density at radius 1 is 1.50 bits per heavy atom. The second kappa shape index (κ2) is 5.88. The van der Waals surface area contributed by atoms with Crippen LogP contribution in [0, 0.1) is 0 Å². The monoisotopic (exact) mass is 299 g/mol. The number of rotatable bonds is 4. The van der Waals surface area contributed by atoms with Crippen LogP contribution in [0.4, 0.5) is 0 Å². The van der Waals surface area contributed by atoms with Gasteiger partial charge in [0.05, 0.1) is 35.5 Å². The summed E-state index contributed by atoms with van der Waals surface area (Å²) in [6.45, 7) is 2.24. The van der Waals surface area contributed by atoms with Crippen LogP contribution in [0.1, 0.15) is 29.4 Å². The maximum Gasteiger partial charge on any atom is 0.339 e. The van der Waals surface area contributed by atoms with Crippen molar-refractivity contribution < 1.29 is 22.7 Å². The fourth-order valence-electron chi connectivity index (χ4n) is 2.25. The number of hydrogen-bond acceptors (Lipinski definition) is 6. The number of pyridine rings is 1. The average molecular weight is 299 g/mol. The third-order valence-corrected chi connectivity index (χ3v) is 5.60. The molecule has 2 unspecified atom stereocenters. The van der Waals surface area contributed by atoms with Crippen LogP contribution >= 0.6 is 0 Å². The van der Waals surface area contributed by atoms with E-state index in [-0.39, 0.29) is 11.9 Å². The molecule has 1 aliphatic heterocycles. The van der Waals surface area contributed by atoms with Crippen molar-refractivity contribution in [2.45, 2.75) is 30.5 Å². The van der Waals surface area contributed by atoms with Gasteiger partial charge in [-0.05, 0) is 25.5 Å². The second-order valence-corrected chi connectivity index (χ2v) is 6.96. The number of nitrogens with zero attached hydrogens (tertiary/aromatic N) is 1. The Bertz CT molecular complexity index is 581. The molecule has 0 radical (unpaired) electrons. The molecule has 1 aromatic heterocycles. The lowest BCUT2D eigenvalue weighted by molar-refractivity contribution is 0.0600. The standard InChI is InChI=1S/C13H17NO5S/c1-9-12(5-6-19-9)20(16,17)8-11-4-3-10(7-14-11)13(15)18-2/h3-4,7,9,12H,5-6,8H2,1-2H3. The van der Waals surface area contributed by atoms with Crippen molar-refractivity contribution in [2.75, 3.05) is 13.7 Å². The fourth-order valence-corrected chi connectivity index (χ4v) is 4.16. The summed E-state index contributed by atoms with van der Waals surface area (Å²) < 4.78 is 34.4. The van der Waals surface area contributed by atoms with E-state index in [9.17, 15) is 13.2 Å². The van der Waals surface area contributed by atoms with Crippen LogP contribution in [0.25, 0.3) is 0 Å². The summed E-state index contributed by atoms with van der Waals surface area (Å²) in [5.41, 5.74) is 0.711. The molecule has 0 saturated carbocycles. The Morgan fingerprint density at radius 2 is 2.25 bits per heavy atom. The third kappa shape index (κ3) is 3.16. The normalized spacial score (nSPS) is 22.7. The molecule has 2 rings (SSSR count). The number of sulfone groups is 1. The SMILES string of the molecule is COC(=O)c1ccc(CS(=O)(=O)C2CCOC2C)nc1. The molecule has 7 heteroatoms. The molecule has 1 aromatic rings. The van der Waals surface area contributed by atoms with E-state index in [0.717, 1.165) is 0 Å². The van der Waals surface area contributed by atoms with E-state index in [1.165, 1.54) is 25.4 Å². The lowest BCUT2D eigenvalue weighted by Gasteiger charge is -2.14. The van der Waals surface area contributed by atoms with Gasteiger partial charge in [-0.2, -0.15) is 0 Å². The van der Waals surface area contributed by atoms with Crippen LogP contribution in [0.5, 0.6) is 0 Å². The molecule has 1 aliphatic rings. The minimum Gasteiger partial charge on any atom is -0.465 e. The van der Waals surface area contributed by atoms with Gasteiger partial charge in [-0.15, -0.1) is 0 Å². The molecular weight excluding hydrogens is 282 g/mol. The minimum absolute atomic E-state index is 0.146. The molecule has 1 saturated heterocycles. The van der Waals surface area contributed by atoms with Gasteiger partial charge in [0.15, 0.2) is 9.84 Å².